The van der Waals surface area contributed by atoms with Crippen LogP contribution < -0.4 is 4.90 Å². The number of carbonyl (C=O) groups is 1. The first kappa shape index (κ1) is 15.9. The van der Waals surface area contributed by atoms with Gasteiger partial charge in [-0.05, 0) is 12.5 Å². The van der Waals surface area contributed by atoms with E-state index < -0.39 is 0 Å². The Kier molecular flexibility index (Phi) is 6.39. The first-order chi connectivity index (χ1) is 9.66. The fraction of sp³-hybridized carbons (Fsp3) is 0.533. The number of hydrogen-bond donors (Lipinski definition) is 1. The third kappa shape index (κ3) is 4.79. The van der Waals surface area contributed by atoms with Crippen molar-refractivity contribution in [1.82, 2.24) is 0 Å². The lowest BCUT2D eigenvalue weighted by atomic mass is 10.1. The van der Waals surface area contributed by atoms with Gasteiger partial charge in [0.05, 0.1) is 13.1 Å². The SMILES string of the molecule is Cc1ccc(C(Br)C(=O)OCC[NH+]2CCSCC2)cc1. The number of ether oxygens (including phenoxy) is 1. The van der Waals surface area contributed by atoms with Gasteiger partial charge >= 0.3 is 5.97 Å². The first-order valence-corrected chi connectivity index (χ1v) is 9.02. The van der Waals surface area contributed by atoms with Gasteiger partial charge in [0.15, 0.2) is 0 Å². The minimum absolute atomic E-state index is 0.195. The maximum atomic E-state index is 12.0. The highest BCUT2D eigenvalue weighted by Crippen LogP contribution is 2.24. The molecule has 1 aromatic rings. The molecule has 0 amide bonds. The Labute approximate surface area is 133 Å². The summed E-state index contributed by atoms with van der Waals surface area (Å²) < 4.78 is 5.38. The molecule has 1 aromatic carbocycles. The third-order valence-electron chi connectivity index (χ3n) is 3.48. The summed E-state index contributed by atoms with van der Waals surface area (Å²) in [5, 5.41) is 0. The molecule has 1 heterocycles. The van der Waals surface area contributed by atoms with Crippen molar-refractivity contribution in [3.8, 4) is 0 Å². The zero-order valence-electron chi connectivity index (χ0n) is 11.7. The predicted molar refractivity (Wildman–Crippen MR) is 86.7 cm³/mol. The van der Waals surface area contributed by atoms with Crippen LogP contribution in [0.3, 0.4) is 0 Å². The molecule has 1 unspecified atom stereocenters. The highest BCUT2D eigenvalue weighted by Gasteiger charge is 2.20. The zero-order chi connectivity index (χ0) is 14.4. The maximum Gasteiger partial charge on any atom is 0.324 e. The first-order valence-electron chi connectivity index (χ1n) is 6.95. The molecule has 1 atom stereocenters. The van der Waals surface area contributed by atoms with Gasteiger partial charge in [-0.3, -0.25) is 4.79 Å². The number of rotatable bonds is 5. The molecule has 0 aliphatic carbocycles. The number of alkyl halides is 1. The molecule has 1 aliphatic rings. The maximum absolute atomic E-state index is 12.0. The van der Waals surface area contributed by atoms with Crippen LogP contribution in [0.4, 0.5) is 0 Å². The molecule has 0 radical (unpaired) electrons. The Hall–Kier alpha value is -0.520. The molecule has 110 valence electrons. The number of benzene rings is 1. The summed E-state index contributed by atoms with van der Waals surface area (Å²) in [7, 11) is 0. The molecule has 0 saturated carbocycles. The molecule has 1 N–H and O–H groups in total. The van der Waals surface area contributed by atoms with Gasteiger partial charge < -0.3 is 9.64 Å². The van der Waals surface area contributed by atoms with Crippen LogP contribution in [0.1, 0.15) is 16.0 Å². The second-order valence-electron chi connectivity index (χ2n) is 5.05. The topological polar surface area (TPSA) is 30.7 Å². The van der Waals surface area contributed by atoms with Crippen molar-refractivity contribution in [3.05, 3.63) is 35.4 Å². The number of nitrogens with one attached hydrogen (secondary N) is 1. The summed E-state index contributed by atoms with van der Waals surface area (Å²) in [6.07, 6.45) is 0. The largest absolute Gasteiger partial charge is 0.459 e. The summed E-state index contributed by atoms with van der Waals surface area (Å²) in [6.45, 7) is 5.81. The standard InChI is InChI=1S/C15H20BrNO2S/c1-12-2-4-13(5-3-12)14(16)15(18)19-9-6-17-7-10-20-11-8-17/h2-5,14H,6-11H2,1H3/p+1. The van der Waals surface area contributed by atoms with Crippen molar-refractivity contribution in [1.29, 1.82) is 0 Å². The number of halogens is 1. The van der Waals surface area contributed by atoms with E-state index >= 15 is 0 Å². The van der Waals surface area contributed by atoms with Crippen LogP contribution in [0.5, 0.6) is 0 Å². The monoisotopic (exact) mass is 358 g/mol. The molecule has 3 nitrogen and oxygen atoms in total. The van der Waals surface area contributed by atoms with E-state index in [-0.39, 0.29) is 10.8 Å². The highest BCUT2D eigenvalue weighted by atomic mass is 79.9. The van der Waals surface area contributed by atoms with Crippen LogP contribution in [0.2, 0.25) is 0 Å². The molecule has 1 fully saturated rings. The van der Waals surface area contributed by atoms with Gasteiger partial charge in [0.1, 0.15) is 18.0 Å². The Morgan fingerprint density at radius 3 is 2.65 bits per heavy atom. The normalized spacial score (nSPS) is 17.7. The van der Waals surface area contributed by atoms with Gasteiger partial charge in [-0.2, -0.15) is 11.8 Å². The summed E-state index contributed by atoms with van der Waals surface area (Å²) in [6, 6.07) is 7.94. The van der Waals surface area contributed by atoms with E-state index in [1.165, 1.54) is 35.1 Å². The quantitative estimate of drug-likeness (QED) is 0.640. The molecule has 0 spiro atoms. The highest BCUT2D eigenvalue weighted by molar-refractivity contribution is 9.09. The van der Waals surface area contributed by atoms with E-state index in [4.69, 9.17) is 4.74 Å². The molecule has 20 heavy (non-hydrogen) atoms. The van der Waals surface area contributed by atoms with E-state index in [1.807, 2.05) is 43.0 Å². The number of hydrogen-bond acceptors (Lipinski definition) is 3. The molecule has 5 heteroatoms. The Balaban J connectivity index is 1.74. The minimum Gasteiger partial charge on any atom is -0.459 e. The minimum atomic E-state index is -0.366. The average Bonchev–Trinajstić information content (AvgIpc) is 2.48. The summed E-state index contributed by atoms with van der Waals surface area (Å²) in [5.74, 6) is 2.24. The number of thioether (sulfide) groups is 1. The Morgan fingerprint density at radius 1 is 1.35 bits per heavy atom. The number of carbonyl (C=O) groups excluding carboxylic acids is 1. The van der Waals surface area contributed by atoms with E-state index in [0.717, 1.165) is 12.1 Å². The average molecular weight is 359 g/mol. The molecule has 1 aliphatic heterocycles. The second kappa shape index (κ2) is 8.05. The lowest BCUT2D eigenvalue weighted by Crippen LogP contribution is -3.14. The van der Waals surface area contributed by atoms with E-state index in [0.29, 0.717) is 6.61 Å². The zero-order valence-corrected chi connectivity index (χ0v) is 14.1. The fourth-order valence-electron chi connectivity index (χ4n) is 2.15. The van der Waals surface area contributed by atoms with Gasteiger partial charge in [0, 0.05) is 11.5 Å². The van der Waals surface area contributed by atoms with Crippen LogP contribution in [0.25, 0.3) is 0 Å². The number of aryl methyl sites for hydroxylation is 1. The molecule has 0 bridgehead atoms. The van der Waals surface area contributed by atoms with Crippen LogP contribution in [-0.2, 0) is 9.53 Å². The van der Waals surface area contributed by atoms with E-state index in [9.17, 15) is 4.79 Å². The van der Waals surface area contributed by atoms with Crippen molar-refractivity contribution in [2.24, 2.45) is 0 Å². The van der Waals surface area contributed by atoms with Gasteiger partial charge in [-0.15, -0.1) is 0 Å². The van der Waals surface area contributed by atoms with Crippen molar-refractivity contribution in [2.75, 3.05) is 37.7 Å². The van der Waals surface area contributed by atoms with Crippen LogP contribution in [0, 0.1) is 6.92 Å². The summed E-state index contributed by atoms with van der Waals surface area (Å²) in [4.78, 5) is 13.2. The van der Waals surface area contributed by atoms with Crippen LogP contribution in [-0.4, -0.2) is 43.7 Å². The molecule has 0 aromatic heterocycles. The van der Waals surface area contributed by atoms with Crippen molar-refractivity contribution in [3.63, 3.8) is 0 Å². The molecule has 1 saturated heterocycles. The van der Waals surface area contributed by atoms with Crippen LogP contribution >= 0.6 is 27.7 Å². The lowest BCUT2D eigenvalue weighted by molar-refractivity contribution is -0.896. The van der Waals surface area contributed by atoms with Crippen molar-refractivity contribution in [2.45, 2.75) is 11.8 Å². The van der Waals surface area contributed by atoms with Crippen molar-refractivity contribution < 1.29 is 14.4 Å². The van der Waals surface area contributed by atoms with Crippen LogP contribution in [0.15, 0.2) is 24.3 Å². The summed E-state index contributed by atoms with van der Waals surface area (Å²) in [5.41, 5.74) is 2.13. The Bertz CT molecular complexity index is 432. The van der Waals surface area contributed by atoms with Gasteiger partial charge in [-0.25, -0.2) is 0 Å². The second-order valence-corrected chi connectivity index (χ2v) is 7.19. The van der Waals surface area contributed by atoms with Gasteiger partial charge in [-0.1, -0.05) is 45.8 Å². The number of quaternary nitrogens is 1. The third-order valence-corrected chi connectivity index (χ3v) is 5.36. The smallest absolute Gasteiger partial charge is 0.324 e. The van der Waals surface area contributed by atoms with Gasteiger partial charge in [0.25, 0.3) is 0 Å². The molecular formula is C15H21BrNO2S+. The fourth-order valence-corrected chi connectivity index (χ4v) is 3.66. The number of esters is 1. The van der Waals surface area contributed by atoms with Gasteiger partial charge in [0.2, 0.25) is 0 Å². The lowest BCUT2D eigenvalue weighted by Gasteiger charge is -2.23. The Morgan fingerprint density at radius 2 is 2.00 bits per heavy atom. The summed E-state index contributed by atoms with van der Waals surface area (Å²) >= 11 is 5.42. The predicted octanol–water partition coefficient (Wildman–Crippen LogP) is 1.61. The molecule has 2 rings (SSSR count). The van der Waals surface area contributed by atoms with Crippen molar-refractivity contribution >= 4 is 33.7 Å². The molecular weight excluding hydrogens is 338 g/mol. The van der Waals surface area contributed by atoms with E-state index in [1.54, 1.807) is 0 Å². The van der Waals surface area contributed by atoms with E-state index in [2.05, 4.69) is 15.9 Å².